The lowest BCUT2D eigenvalue weighted by molar-refractivity contribution is -0.137. The topological polar surface area (TPSA) is 57.6 Å². The number of halogens is 1. The van der Waals surface area contributed by atoms with Crippen molar-refractivity contribution < 1.29 is 14.7 Å². The molecule has 0 aliphatic rings. The van der Waals surface area contributed by atoms with E-state index in [0.29, 0.717) is 5.02 Å². The van der Waals surface area contributed by atoms with Crippen LogP contribution in [-0.4, -0.2) is 41.2 Å². The molecule has 0 bridgehead atoms. The van der Waals surface area contributed by atoms with E-state index >= 15 is 0 Å². The van der Waals surface area contributed by atoms with Crippen LogP contribution in [0.3, 0.4) is 0 Å². The number of hydrogen-bond acceptors (Lipinski definition) is 3. The summed E-state index contributed by atoms with van der Waals surface area (Å²) in [6.07, 6.45) is -0.0427. The fourth-order valence-electron chi connectivity index (χ4n) is 1.20. The molecule has 0 heterocycles. The maximum atomic E-state index is 11.7. The molecule has 1 aromatic carbocycles. The van der Waals surface area contributed by atoms with E-state index < -0.39 is 5.97 Å². The molecule has 0 radical (unpaired) electrons. The van der Waals surface area contributed by atoms with Crippen LogP contribution in [0.5, 0.6) is 0 Å². The molecule has 0 spiro atoms. The van der Waals surface area contributed by atoms with E-state index in [1.54, 1.807) is 13.1 Å². The fraction of sp³-hybridized carbons (Fsp3) is 0.333. The molecule has 0 saturated heterocycles. The average molecular weight is 288 g/mol. The van der Waals surface area contributed by atoms with Crippen molar-refractivity contribution in [1.29, 1.82) is 0 Å². The number of carboxylic acid groups (broad SMARTS) is 1. The summed E-state index contributed by atoms with van der Waals surface area (Å²) < 4.78 is 0. The van der Waals surface area contributed by atoms with Crippen LogP contribution in [0.25, 0.3) is 0 Å². The summed E-state index contributed by atoms with van der Waals surface area (Å²) in [5, 5.41) is 9.14. The van der Waals surface area contributed by atoms with Gasteiger partial charge in [0.25, 0.3) is 0 Å². The molecule has 18 heavy (non-hydrogen) atoms. The van der Waals surface area contributed by atoms with Gasteiger partial charge in [-0.25, -0.2) is 0 Å². The van der Waals surface area contributed by atoms with Crippen LogP contribution >= 0.6 is 23.4 Å². The van der Waals surface area contributed by atoms with E-state index in [-0.39, 0.29) is 24.6 Å². The minimum absolute atomic E-state index is 0.0427. The quantitative estimate of drug-likeness (QED) is 0.816. The highest BCUT2D eigenvalue weighted by atomic mass is 35.5. The second-order valence-electron chi connectivity index (χ2n) is 3.68. The Bertz CT molecular complexity index is 439. The van der Waals surface area contributed by atoms with Crippen molar-refractivity contribution >= 4 is 35.2 Å². The molecule has 98 valence electrons. The van der Waals surface area contributed by atoms with E-state index in [1.807, 2.05) is 18.2 Å². The summed E-state index contributed by atoms with van der Waals surface area (Å²) in [5.74, 6) is -0.769. The average Bonchev–Trinajstić information content (AvgIpc) is 2.34. The Morgan fingerprint density at radius 1 is 1.39 bits per heavy atom. The monoisotopic (exact) mass is 287 g/mol. The van der Waals surface area contributed by atoms with Crippen molar-refractivity contribution in [2.24, 2.45) is 0 Å². The molecule has 0 unspecified atom stereocenters. The zero-order chi connectivity index (χ0) is 13.5. The number of carbonyl (C=O) groups is 2. The third-order valence-corrected chi connectivity index (χ3v) is 3.77. The predicted octanol–water partition coefficient (Wildman–Crippen LogP) is 2.37. The summed E-state index contributed by atoms with van der Waals surface area (Å²) in [6.45, 7) is 0.219. The first kappa shape index (κ1) is 14.9. The third kappa shape index (κ3) is 4.98. The van der Waals surface area contributed by atoms with Crippen LogP contribution in [0.1, 0.15) is 6.42 Å². The van der Waals surface area contributed by atoms with Gasteiger partial charge in [0, 0.05) is 18.5 Å². The zero-order valence-electron chi connectivity index (χ0n) is 9.93. The van der Waals surface area contributed by atoms with Gasteiger partial charge in [0.1, 0.15) is 0 Å². The molecule has 0 saturated carbocycles. The molecule has 4 nitrogen and oxygen atoms in total. The molecule has 0 atom stereocenters. The van der Waals surface area contributed by atoms with Crippen molar-refractivity contribution in [1.82, 2.24) is 4.90 Å². The van der Waals surface area contributed by atoms with Crippen LogP contribution in [0.15, 0.2) is 29.2 Å². The number of rotatable bonds is 6. The summed E-state index contributed by atoms with van der Waals surface area (Å²) in [6, 6.07) is 7.29. The first-order valence-corrected chi connectivity index (χ1v) is 6.70. The second kappa shape index (κ2) is 7.28. The van der Waals surface area contributed by atoms with Crippen molar-refractivity contribution in [2.75, 3.05) is 19.3 Å². The Hall–Kier alpha value is -1.20. The van der Waals surface area contributed by atoms with E-state index in [0.717, 1.165) is 4.90 Å². The number of aliphatic carboxylic acids is 1. The number of hydrogen-bond donors (Lipinski definition) is 1. The minimum Gasteiger partial charge on any atom is -0.481 e. The summed E-state index contributed by atoms with van der Waals surface area (Å²) >= 11 is 7.31. The molecule has 1 aromatic rings. The molecule has 1 amide bonds. The van der Waals surface area contributed by atoms with Crippen LogP contribution in [-0.2, 0) is 9.59 Å². The molecule has 1 N–H and O–H groups in total. The molecule has 6 heteroatoms. The summed E-state index contributed by atoms with van der Waals surface area (Å²) in [5.41, 5.74) is 0. The van der Waals surface area contributed by atoms with Gasteiger partial charge >= 0.3 is 5.97 Å². The smallest absolute Gasteiger partial charge is 0.305 e. The van der Waals surface area contributed by atoms with Crippen LogP contribution in [0.4, 0.5) is 0 Å². The molecule has 0 aliphatic heterocycles. The van der Waals surface area contributed by atoms with E-state index in [9.17, 15) is 9.59 Å². The van der Waals surface area contributed by atoms with Crippen molar-refractivity contribution in [3.63, 3.8) is 0 Å². The Kier molecular flexibility index (Phi) is 6.01. The van der Waals surface area contributed by atoms with Gasteiger partial charge in [0.15, 0.2) is 0 Å². The minimum atomic E-state index is -0.909. The number of benzene rings is 1. The summed E-state index contributed by atoms with van der Waals surface area (Å²) in [7, 11) is 1.60. The number of amides is 1. The highest BCUT2D eigenvalue weighted by Crippen LogP contribution is 2.26. The number of thioether (sulfide) groups is 1. The fourth-order valence-corrected chi connectivity index (χ4v) is 2.38. The zero-order valence-corrected chi connectivity index (χ0v) is 11.5. The maximum absolute atomic E-state index is 11.7. The van der Waals surface area contributed by atoms with E-state index in [2.05, 4.69) is 0 Å². The van der Waals surface area contributed by atoms with Crippen molar-refractivity contribution in [2.45, 2.75) is 11.3 Å². The Labute approximate surface area is 115 Å². The van der Waals surface area contributed by atoms with E-state index in [4.69, 9.17) is 16.7 Å². The van der Waals surface area contributed by atoms with Crippen LogP contribution < -0.4 is 0 Å². The molecule has 0 aromatic heterocycles. The lowest BCUT2D eigenvalue weighted by Crippen LogP contribution is -2.30. The lowest BCUT2D eigenvalue weighted by Gasteiger charge is -2.15. The molecule has 0 aliphatic carbocycles. The van der Waals surface area contributed by atoms with Crippen LogP contribution in [0.2, 0.25) is 5.02 Å². The van der Waals surface area contributed by atoms with Gasteiger partial charge in [-0.3, -0.25) is 9.59 Å². The molecular formula is C12H14ClNO3S. The Morgan fingerprint density at radius 3 is 2.67 bits per heavy atom. The second-order valence-corrected chi connectivity index (χ2v) is 5.10. The molecular weight excluding hydrogens is 274 g/mol. The third-order valence-electron chi connectivity index (χ3n) is 2.27. The molecule has 1 rings (SSSR count). The predicted molar refractivity (Wildman–Crippen MR) is 72.1 cm³/mol. The van der Waals surface area contributed by atoms with Gasteiger partial charge in [-0.2, -0.15) is 0 Å². The van der Waals surface area contributed by atoms with Gasteiger partial charge in [0.2, 0.25) is 5.91 Å². The van der Waals surface area contributed by atoms with Gasteiger partial charge < -0.3 is 10.0 Å². The van der Waals surface area contributed by atoms with Crippen molar-refractivity contribution in [3.8, 4) is 0 Å². The van der Waals surface area contributed by atoms with Gasteiger partial charge in [-0.05, 0) is 12.1 Å². The number of nitrogens with zero attached hydrogens (tertiary/aromatic N) is 1. The van der Waals surface area contributed by atoms with Gasteiger partial charge in [-0.1, -0.05) is 23.7 Å². The van der Waals surface area contributed by atoms with Crippen LogP contribution in [0, 0.1) is 0 Å². The Morgan fingerprint density at radius 2 is 2.06 bits per heavy atom. The van der Waals surface area contributed by atoms with E-state index in [1.165, 1.54) is 16.7 Å². The highest BCUT2D eigenvalue weighted by molar-refractivity contribution is 8.00. The summed E-state index contributed by atoms with van der Waals surface area (Å²) in [4.78, 5) is 24.4. The van der Waals surface area contributed by atoms with Gasteiger partial charge in [0.05, 0.1) is 17.2 Å². The standard InChI is InChI=1S/C12H14ClNO3S/c1-14(7-6-12(16)17)11(15)8-18-10-5-3-2-4-9(10)13/h2-5H,6-8H2,1H3,(H,16,17). The molecule has 0 fully saturated rings. The highest BCUT2D eigenvalue weighted by Gasteiger charge is 2.11. The first-order valence-electron chi connectivity index (χ1n) is 5.34. The SMILES string of the molecule is CN(CCC(=O)O)C(=O)CSc1ccccc1Cl. The number of carboxylic acids is 1. The Balaban J connectivity index is 2.41. The lowest BCUT2D eigenvalue weighted by atomic mass is 10.4. The number of carbonyl (C=O) groups excluding carboxylic acids is 1. The largest absolute Gasteiger partial charge is 0.481 e. The maximum Gasteiger partial charge on any atom is 0.305 e. The van der Waals surface area contributed by atoms with Gasteiger partial charge in [-0.15, -0.1) is 11.8 Å². The van der Waals surface area contributed by atoms with Crippen molar-refractivity contribution in [3.05, 3.63) is 29.3 Å². The first-order chi connectivity index (χ1) is 8.50. The normalized spacial score (nSPS) is 10.1.